The summed E-state index contributed by atoms with van der Waals surface area (Å²) in [6, 6.07) is 3.80. The third kappa shape index (κ3) is 4.27. The maximum atomic E-state index is 12.1. The summed E-state index contributed by atoms with van der Waals surface area (Å²) in [6.45, 7) is 4.05. The van der Waals surface area contributed by atoms with Crippen molar-refractivity contribution in [3.05, 3.63) is 17.0 Å². The zero-order valence-electron chi connectivity index (χ0n) is 11.3. The van der Waals surface area contributed by atoms with Gasteiger partial charge in [-0.2, -0.15) is 0 Å². The highest BCUT2D eigenvalue weighted by Gasteiger charge is 2.25. The smallest absolute Gasteiger partial charge is 0.250 e. The molecule has 6 heteroatoms. The Hall–Kier alpha value is -0.430. The molecule has 2 rings (SSSR count). The lowest BCUT2D eigenvalue weighted by Gasteiger charge is -2.25. The van der Waals surface area contributed by atoms with Crippen LogP contribution < -0.4 is 10.0 Å². The monoisotopic (exact) mass is 302 g/mol. The summed E-state index contributed by atoms with van der Waals surface area (Å²) in [5.74, 6) is 0. The molecule has 1 heterocycles. The van der Waals surface area contributed by atoms with Crippen LogP contribution in [0.2, 0.25) is 0 Å². The fourth-order valence-electron chi connectivity index (χ4n) is 1.95. The molecular formula is C13H22N2O2S2. The lowest BCUT2D eigenvalue weighted by molar-refractivity contribution is 0.384. The predicted molar refractivity (Wildman–Crippen MR) is 79.1 cm³/mol. The molecule has 0 spiro atoms. The third-order valence-electron chi connectivity index (χ3n) is 3.30. The Labute approximate surface area is 119 Å². The van der Waals surface area contributed by atoms with Crippen molar-refractivity contribution in [1.29, 1.82) is 0 Å². The highest BCUT2D eigenvalue weighted by Crippen LogP contribution is 2.25. The van der Waals surface area contributed by atoms with E-state index in [1.54, 1.807) is 6.07 Å². The third-order valence-corrected chi connectivity index (χ3v) is 6.46. The largest absolute Gasteiger partial charge is 0.316 e. The molecular weight excluding hydrogens is 280 g/mol. The van der Waals surface area contributed by atoms with Gasteiger partial charge < -0.3 is 5.32 Å². The predicted octanol–water partition coefficient (Wildman–Crippen LogP) is 2.12. The maximum absolute atomic E-state index is 12.1. The molecule has 0 unspecified atom stereocenters. The van der Waals surface area contributed by atoms with E-state index in [9.17, 15) is 8.42 Å². The van der Waals surface area contributed by atoms with Crippen LogP contribution in [0.5, 0.6) is 0 Å². The topological polar surface area (TPSA) is 58.2 Å². The van der Waals surface area contributed by atoms with Crippen LogP contribution in [0.25, 0.3) is 0 Å². The van der Waals surface area contributed by atoms with Crippen molar-refractivity contribution in [3.63, 3.8) is 0 Å². The molecule has 108 valence electrons. The summed E-state index contributed by atoms with van der Waals surface area (Å²) >= 11 is 1.38. The van der Waals surface area contributed by atoms with Gasteiger partial charge in [0, 0.05) is 10.9 Å². The second-order valence-electron chi connectivity index (χ2n) is 4.97. The quantitative estimate of drug-likeness (QED) is 0.723. The number of sulfonamides is 1. The van der Waals surface area contributed by atoms with Gasteiger partial charge in [-0.1, -0.05) is 13.3 Å². The molecule has 4 nitrogen and oxygen atoms in total. The van der Waals surface area contributed by atoms with Crippen LogP contribution in [0, 0.1) is 0 Å². The molecule has 0 aliphatic heterocycles. The summed E-state index contributed by atoms with van der Waals surface area (Å²) in [5, 5.41) is 3.32. The molecule has 0 saturated heterocycles. The van der Waals surface area contributed by atoms with Crippen molar-refractivity contribution < 1.29 is 8.42 Å². The summed E-state index contributed by atoms with van der Waals surface area (Å²) in [4.78, 5) is 1.12. The zero-order chi connectivity index (χ0) is 13.7. The van der Waals surface area contributed by atoms with Gasteiger partial charge >= 0.3 is 0 Å². The van der Waals surface area contributed by atoms with E-state index in [-0.39, 0.29) is 6.04 Å². The van der Waals surface area contributed by atoms with E-state index in [2.05, 4.69) is 17.0 Å². The van der Waals surface area contributed by atoms with Crippen LogP contribution >= 0.6 is 11.3 Å². The van der Waals surface area contributed by atoms with Gasteiger partial charge in [-0.25, -0.2) is 13.1 Å². The first-order valence-electron chi connectivity index (χ1n) is 6.93. The fourth-order valence-corrected chi connectivity index (χ4v) is 4.63. The van der Waals surface area contributed by atoms with Gasteiger partial charge in [-0.15, -0.1) is 11.3 Å². The molecule has 0 amide bonds. The van der Waals surface area contributed by atoms with Crippen molar-refractivity contribution >= 4 is 21.4 Å². The molecule has 1 fully saturated rings. The number of hydrogen-bond acceptors (Lipinski definition) is 4. The first-order chi connectivity index (χ1) is 9.12. The zero-order valence-corrected chi connectivity index (χ0v) is 12.9. The summed E-state index contributed by atoms with van der Waals surface area (Å²) < 4.78 is 27.4. The number of thiophene rings is 1. The van der Waals surface area contributed by atoms with Gasteiger partial charge in [0.05, 0.1) is 0 Å². The SMILES string of the molecule is CCCNCCc1ccc(S(=O)(=O)NC2CCC2)s1. The lowest BCUT2D eigenvalue weighted by atomic mass is 9.94. The molecule has 0 aromatic carbocycles. The second kappa shape index (κ2) is 6.83. The maximum Gasteiger partial charge on any atom is 0.250 e. The van der Waals surface area contributed by atoms with Crippen LogP contribution in [0.4, 0.5) is 0 Å². The van der Waals surface area contributed by atoms with Crippen LogP contribution in [-0.2, 0) is 16.4 Å². The molecule has 1 aliphatic carbocycles. The number of nitrogens with one attached hydrogen (secondary N) is 2. The Morgan fingerprint density at radius 1 is 1.32 bits per heavy atom. The van der Waals surface area contributed by atoms with Gasteiger partial charge in [0.15, 0.2) is 0 Å². The Kier molecular flexibility index (Phi) is 5.38. The Morgan fingerprint density at radius 3 is 2.74 bits per heavy atom. The molecule has 2 N–H and O–H groups in total. The fraction of sp³-hybridized carbons (Fsp3) is 0.692. The van der Waals surface area contributed by atoms with Crippen LogP contribution in [0.3, 0.4) is 0 Å². The normalized spacial score (nSPS) is 16.5. The van der Waals surface area contributed by atoms with Crippen molar-refractivity contribution in [1.82, 2.24) is 10.0 Å². The molecule has 1 aliphatic rings. The van der Waals surface area contributed by atoms with Gasteiger partial charge in [0.1, 0.15) is 4.21 Å². The van der Waals surface area contributed by atoms with Crippen molar-refractivity contribution in [2.45, 2.75) is 49.3 Å². The van der Waals surface area contributed by atoms with Crippen LogP contribution in [-0.4, -0.2) is 27.5 Å². The van der Waals surface area contributed by atoms with E-state index in [0.717, 1.165) is 50.1 Å². The Bertz CT molecular complexity index is 492. The van der Waals surface area contributed by atoms with E-state index in [0.29, 0.717) is 4.21 Å². The average Bonchev–Trinajstić information content (AvgIpc) is 2.79. The second-order valence-corrected chi connectivity index (χ2v) is 8.08. The van der Waals surface area contributed by atoms with E-state index in [4.69, 9.17) is 0 Å². The highest BCUT2D eigenvalue weighted by atomic mass is 32.2. The van der Waals surface area contributed by atoms with E-state index < -0.39 is 10.0 Å². The average molecular weight is 302 g/mol. The Balaban J connectivity index is 1.88. The summed E-state index contributed by atoms with van der Waals surface area (Å²) in [6.07, 6.45) is 5.09. The molecule has 19 heavy (non-hydrogen) atoms. The number of rotatable bonds is 8. The molecule has 0 atom stereocenters. The van der Waals surface area contributed by atoms with E-state index in [1.807, 2.05) is 6.07 Å². The minimum atomic E-state index is -3.29. The van der Waals surface area contributed by atoms with Crippen molar-refractivity contribution in [2.24, 2.45) is 0 Å². The van der Waals surface area contributed by atoms with Gasteiger partial charge in [0.2, 0.25) is 10.0 Å². The Morgan fingerprint density at radius 2 is 2.11 bits per heavy atom. The molecule has 1 aromatic rings. The lowest BCUT2D eigenvalue weighted by Crippen LogP contribution is -2.39. The van der Waals surface area contributed by atoms with Gasteiger partial charge in [-0.3, -0.25) is 0 Å². The molecule has 0 bridgehead atoms. The van der Waals surface area contributed by atoms with Crippen LogP contribution in [0.1, 0.15) is 37.5 Å². The molecule has 1 aromatic heterocycles. The number of hydrogen-bond donors (Lipinski definition) is 2. The van der Waals surface area contributed by atoms with Gasteiger partial charge in [0.25, 0.3) is 0 Å². The van der Waals surface area contributed by atoms with E-state index in [1.165, 1.54) is 11.3 Å². The minimum absolute atomic E-state index is 0.154. The van der Waals surface area contributed by atoms with Gasteiger partial charge in [-0.05, 0) is 50.9 Å². The molecule has 1 saturated carbocycles. The summed E-state index contributed by atoms with van der Waals surface area (Å²) in [7, 11) is -3.29. The van der Waals surface area contributed by atoms with Crippen molar-refractivity contribution in [2.75, 3.05) is 13.1 Å². The highest BCUT2D eigenvalue weighted by molar-refractivity contribution is 7.91. The van der Waals surface area contributed by atoms with Crippen molar-refractivity contribution in [3.8, 4) is 0 Å². The first-order valence-corrected chi connectivity index (χ1v) is 9.23. The minimum Gasteiger partial charge on any atom is -0.316 e. The summed E-state index contributed by atoms with van der Waals surface area (Å²) in [5.41, 5.74) is 0. The molecule has 0 radical (unpaired) electrons. The standard InChI is InChI=1S/C13H22N2O2S2/c1-2-9-14-10-8-12-6-7-13(18-12)19(16,17)15-11-4-3-5-11/h6-7,11,14-15H,2-5,8-10H2,1H3. The van der Waals surface area contributed by atoms with E-state index >= 15 is 0 Å². The van der Waals surface area contributed by atoms with Crippen LogP contribution in [0.15, 0.2) is 16.3 Å². The first kappa shape index (κ1) is 15.0.